The number of benzene rings is 1. The highest BCUT2D eigenvalue weighted by atomic mass is 32.2. The summed E-state index contributed by atoms with van der Waals surface area (Å²) in [4.78, 5) is 0. The fraction of sp³-hybridized carbons (Fsp3) is 0.650. The maximum atomic E-state index is 2.42. The number of para-hydroxylation sites is 2. The molecule has 0 spiro atoms. The number of imidazole rings is 1. The zero-order chi connectivity index (χ0) is 16.3. The number of hydrogen-bond donors (Lipinski definition) is 0. The predicted octanol–water partition coefficient (Wildman–Crippen LogP) is 5.78. The van der Waals surface area contributed by atoms with Gasteiger partial charge < -0.3 is 0 Å². The van der Waals surface area contributed by atoms with Crippen LogP contribution in [0.2, 0.25) is 0 Å². The lowest BCUT2D eigenvalue weighted by molar-refractivity contribution is -0.650. The maximum Gasteiger partial charge on any atom is 0.245 e. The van der Waals surface area contributed by atoms with Crippen LogP contribution in [0.1, 0.15) is 65.2 Å². The molecular weight excluding hydrogens is 300 g/mol. The molecule has 0 saturated carbocycles. The minimum atomic E-state index is 1.08. The van der Waals surface area contributed by atoms with Gasteiger partial charge in [0.05, 0.1) is 6.54 Å². The van der Waals surface area contributed by atoms with Crippen molar-refractivity contribution < 1.29 is 4.57 Å². The standard InChI is InChI=1S/C20H33N2S/c1-3-5-7-8-9-12-16-23-18-22-17-21(15-6-4-2)19-13-10-11-14-20(19)22/h10-11,13-14,17H,3-9,12,15-16,18H2,1-2H3/q+1. The summed E-state index contributed by atoms with van der Waals surface area (Å²) < 4.78 is 4.84. The summed E-state index contributed by atoms with van der Waals surface area (Å²) in [6, 6.07) is 8.81. The van der Waals surface area contributed by atoms with E-state index in [2.05, 4.69) is 65.3 Å². The number of thioether (sulfide) groups is 1. The van der Waals surface area contributed by atoms with E-state index in [4.69, 9.17) is 0 Å². The largest absolute Gasteiger partial charge is 0.245 e. The normalized spacial score (nSPS) is 11.4. The fourth-order valence-corrected chi connectivity index (χ4v) is 3.94. The van der Waals surface area contributed by atoms with Crippen molar-refractivity contribution in [2.75, 3.05) is 5.75 Å². The second-order valence-corrected chi connectivity index (χ2v) is 7.50. The van der Waals surface area contributed by atoms with Crippen molar-refractivity contribution in [2.45, 2.75) is 77.6 Å². The minimum absolute atomic E-state index is 1.08. The Labute approximate surface area is 146 Å². The quantitative estimate of drug-likeness (QED) is 0.353. The summed E-state index contributed by atoms with van der Waals surface area (Å²) >= 11 is 2.07. The van der Waals surface area contributed by atoms with Gasteiger partial charge in [0.1, 0.15) is 5.88 Å². The summed E-state index contributed by atoms with van der Waals surface area (Å²) in [6.07, 6.45) is 13.2. The highest BCUT2D eigenvalue weighted by Crippen LogP contribution is 2.14. The molecule has 0 amide bonds. The first-order valence-electron chi connectivity index (χ1n) is 9.41. The van der Waals surface area contributed by atoms with Crippen molar-refractivity contribution in [3.63, 3.8) is 0 Å². The third-order valence-corrected chi connectivity index (χ3v) is 5.44. The summed E-state index contributed by atoms with van der Waals surface area (Å²) in [6.45, 7) is 5.67. The number of aromatic nitrogens is 2. The molecule has 0 fully saturated rings. The Morgan fingerprint density at radius 3 is 2.48 bits per heavy atom. The highest BCUT2D eigenvalue weighted by molar-refractivity contribution is 7.98. The number of hydrogen-bond acceptors (Lipinski definition) is 1. The Kier molecular flexibility index (Phi) is 8.59. The average molecular weight is 334 g/mol. The van der Waals surface area contributed by atoms with Crippen LogP contribution in [0.3, 0.4) is 0 Å². The molecule has 2 nitrogen and oxygen atoms in total. The first-order chi connectivity index (χ1) is 11.4. The van der Waals surface area contributed by atoms with Gasteiger partial charge in [0.15, 0.2) is 11.0 Å². The monoisotopic (exact) mass is 333 g/mol. The smallest absolute Gasteiger partial charge is 0.230 e. The zero-order valence-electron chi connectivity index (χ0n) is 15.0. The van der Waals surface area contributed by atoms with Crippen LogP contribution in [-0.4, -0.2) is 10.3 Å². The van der Waals surface area contributed by atoms with Crippen molar-refractivity contribution in [3.05, 3.63) is 30.6 Å². The van der Waals surface area contributed by atoms with Crippen LogP contribution in [-0.2, 0) is 12.4 Å². The van der Waals surface area contributed by atoms with E-state index in [0.717, 1.165) is 12.4 Å². The Balaban J connectivity index is 1.80. The number of aryl methyl sites for hydroxylation is 1. The Morgan fingerprint density at radius 2 is 1.65 bits per heavy atom. The predicted molar refractivity (Wildman–Crippen MR) is 103 cm³/mol. The summed E-state index contributed by atoms with van der Waals surface area (Å²) in [7, 11) is 0. The van der Waals surface area contributed by atoms with Crippen LogP contribution in [0.4, 0.5) is 0 Å². The Hall–Kier alpha value is -0.960. The van der Waals surface area contributed by atoms with Gasteiger partial charge in [-0.2, -0.15) is 0 Å². The molecule has 0 saturated heterocycles. The van der Waals surface area contributed by atoms with Gasteiger partial charge in [0.2, 0.25) is 6.33 Å². The van der Waals surface area contributed by atoms with Gasteiger partial charge in [-0.25, -0.2) is 9.13 Å². The van der Waals surface area contributed by atoms with E-state index < -0.39 is 0 Å². The molecule has 0 aliphatic rings. The van der Waals surface area contributed by atoms with E-state index >= 15 is 0 Å². The van der Waals surface area contributed by atoms with E-state index in [9.17, 15) is 0 Å². The van der Waals surface area contributed by atoms with Crippen molar-refractivity contribution in [2.24, 2.45) is 0 Å². The fourth-order valence-electron chi connectivity index (χ4n) is 3.00. The van der Waals surface area contributed by atoms with Crippen molar-refractivity contribution in [3.8, 4) is 0 Å². The van der Waals surface area contributed by atoms with Crippen molar-refractivity contribution >= 4 is 22.8 Å². The van der Waals surface area contributed by atoms with Gasteiger partial charge in [-0.05, 0) is 30.7 Å². The van der Waals surface area contributed by atoms with Gasteiger partial charge in [-0.3, -0.25) is 0 Å². The number of unbranched alkanes of at least 4 members (excludes halogenated alkanes) is 6. The van der Waals surface area contributed by atoms with Crippen LogP contribution in [0.25, 0.3) is 11.0 Å². The van der Waals surface area contributed by atoms with Crippen LogP contribution in [0, 0.1) is 0 Å². The van der Waals surface area contributed by atoms with E-state index in [1.165, 1.54) is 68.2 Å². The lowest BCUT2D eigenvalue weighted by Crippen LogP contribution is -2.30. The topological polar surface area (TPSA) is 8.81 Å². The lowest BCUT2D eigenvalue weighted by atomic mass is 10.1. The van der Waals surface area contributed by atoms with Crippen LogP contribution in [0.5, 0.6) is 0 Å². The maximum absolute atomic E-state index is 2.42. The molecule has 0 bridgehead atoms. The number of nitrogens with zero attached hydrogens (tertiary/aromatic N) is 2. The van der Waals surface area contributed by atoms with Crippen LogP contribution in [0.15, 0.2) is 30.6 Å². The number of rotatable bonds is 12. The van der Waals surface area contributed by atoms with E-state index in [1.54, 1.807) is 0 Å². The average Bonchev–Trinajstić information content (AvgIpc) is 2.93. The second kappa shape index (κ2) is 10.7. The van der Waals surface area contributed by atoms with Gasteiger partial charge >= 0.3 is 0 Å². The molecule has 2 rings (SSSR count). The molecule has 1 aromatic carbocycles. The molecule has 0 unspecified atom stereocenters. The van der Waals surface area contributed by atoms with E-state index in [-0.39, 0.29) is 0 Å². The molecule has 0 atom stereocenters. The van der Waals surface area contributed by atoms with Gasteiger partial charge in [-0.15, -0.1) is 11.8 Å². The summed E-state index contributed by atoms with van der Waals surface area (Å²) in [5.74, 6) is 2.36. The SMILES string of the molecule is CCCCCCCCSC[n+]1cn(CCCC)c2ccccc21. The summed E-state index contributed by atoms with van der Waals surface area (Å²) in [5, 5.41) is 0. The highest BCUT2D eigenvalue weighted by Gasteiger charge is 2.14. The Bertz CT molecular complexity index is 562. The second-order valence-electron chi connectivity index (χ2n) is 6.43. The molecule has 128 valence electrons. The lowest BCUT2D eigenvalue weighted by Gasteiger charge is -2.01. The molecule has 0 aliphatic carbocycles. The molecule has 3 heteroatoms. The summed E-state index contributed by atoms with van der Waals surface area (Å²) in [5.41, 5.74) is 2.75. The van der Waals surface area contributed by atoms with Crippen LogP contribution < -0.4 is 4.57 Å². The molecule has 0 aliphatic heterocycles. The first kappa shape index (κ1) is 18.4. The molecule has 0 radical (unpaired) electrons. The molecule has 1 aromatic heterocycles. The van der Waals surface area contributed by atoms with Gasteiger partial charge in [0, 0.05) is 0 Å². The third-order valence-electron chi connectivity index (χ3n) is 4.40. The van der Waals surface area contributed by atoms with Gasteiger partial charge in [0.25, 0.3) is 0 Å². The van der Waals surface area contributed by atoms with E-state index in [1.807, 2.05) is 0 Å². The zero-order valence-corrected chi connectivity index (χ0v) is 15.8. The van der Waals surface area contributed by atoms with Crippen LogP contribution >= 0.6 is 11.8 Å². The van der Waals surface area contributed by atoms with E-state index in [0.29, 0.717) is 0 Å². The molecule has 0 N–H and O–H groups in total. The number of fused-ring (bicyclic) bond motifs is 1. The van der Waals surface area contributed by atoms with Gasteiger partial charge in [-0.1, -0.05) is 64.5 Å². The molecular formula is C20H33N2S+. The third kappa shape index (κ3) is 5.87. The van der Waals surface area contributed by atoms with Crippen molar-refractivity contribution in [1.82, 2.24) is 4.57 Å². The Morgan fingerprint density at radius 1 is 0.913 bits per heavy atom. The molecule has 1 heterocycles. The first-order valence-corrected chi connectivity index (χ1v) is 10.6. The molecule has 2 aromatic rings. The molecule has 23 heavy (non-hydrogen) atoms. The minimum Gasteiger partial charge on any atom is -0.230 e. The van der Waals surface area contributed by atoms with Crippen molar-refractivity contribution in [1.29, 1.82) is 0 Å².